The number of carbonyl (C=O) groups excluding carboxylic acids is 1. The predicted molar refractivity (Wildman–Crippen MR) is 116 cm³/mol. The number of pyridine rings is 1. The standard InChI is InChI=1S/C21H24N4O3S/c1-3-10-29(27,28)24-16-6-4-15(5-7-16)18-11-19(25(13-26)17-8-9-17)23-21-20(18)14(2)12-22-21/h4-7,11-13,17,24H,3,8-10H2,1-2H3,(H,22,23). The SMILES string of the molecule is CCCS(=O)(=O)Nc1ccc(-c2cc(N(C=O)C3CC3)nc3[nH]cc(C)c23)cc1. The first-order valence-corrected chi connectivity index (χ1v) is 11.4. The molecule has 8 heteroatoms. The summed E-state index contributed by atoms with van der Waals surface area (Å²) in [5, 5.41) is 0.995. The Kier molecular flexibility index (Phi) is 5.04. The maximum atomic E-state index is 12.0. The second kappa shape index (κ2) is 7.51. The predicted octanol–water partition coefficient (Wildman–Crippen LogP) is 3.82. The minimum atomic E-state index is -3.33. The second-order valence-electron chi connectivity index (χ2n) is 7.47. The number of benzene rings is 1. The number of nitrogens with zero attached hydrogens (tertiary/aromatic N) is 2. The lowest BCUT2D eigenvalue weighted by molar-refractivity contribution is -0.107. The summed E-state index contributed by atoms with van der Waals surface area (Å²) in [5.41, 5.74) is 4.22. The average Bonchev–Trinajstić information content (AvgIpc) is 3.45. The van der Waals surface area contributed by atoms with Crippen LogP contribution in [-0.2, 0) is 14.8 Å². The van der Waals surface area contributed by atoms with E-state index in [1.54, 1.807) is 17.0 Å². The molecule has 1 fully saturated rings. The molecule has 2 heterocycles. The van der Waals surface area contributed by atoms with Gasteiger partial charge in [-0.15, -0.1) is 0 Å². The van der Waals surface area contributed by atoms with Crippen molar-refractivity contribution in [3.63, 3.8) is 0 Å². The van der Waals surface area contributed by atoms with E-state index in [1.165, 1.54) is 0 Å². The van der Waals surface area contributed by atoms with Crippen molar-refractivity contribution in [3.05, 3.63) is 42.1 Å². The minimum Gasteiger partial charge on any atom is -0.346 e. The lowest BCUT2D eigenvalue weighted by atomic mass is 10.0. The molecule has 1 saturated carbocycles. The minimum absolute atomic E-state index is 0.0916. The number of hydrogen-bond donors (Lipinski definition) is 2. The average molecular weight is 413 g/mol. The summed E-state index contributed by atoms with van der Waals surface area (Å²) in [6.07, 6.45) is 5.29. The highest BCUT2D eigenvalue weighted by atomic mass is 32.2. The van der Waals surface area contributed by atoms with Crippen molar-refractivity contribution in [1.82, 2.24) is 9.97 Å². The van der Waals surface area contributed by atoms with Crippen LogP contribution in [0.5, 0.6) is 0 Å². The second-order valence-corrected chi connectivity index (χ2v) is 9.31. The van der Waals surface area contributed by atoms with E-state index in [1.807, 2.05) is 38.2 Å². The van der Waals surface area contributed by atoms with Crippen molar-refractivity contribution in [2.24, 2.45) is 0 Å². The summed E-state index contributed by atoms with van der Waals surface area (Å²) in [4.78, 5) is 21.1. The topological polar surface area (TPSA) is 95.2 Å². The molecule has 2 N–H and O–H groups in total. The van der Waals surface area contributed by atoms with Crippen LogP contribution < -0.4 is 9.62 Å². The molecule has 0 spiro atoms. The summed E-state index contributed by atoms with van der Waals surface area (Å²) in [6.45, 7) is 3.84. The number of hydrogen-bond acceptors (Lipinski definition) is 4. The maximum absolute atomic E-state index is 12.0. The van der Waals surface area contributed by atoms with Gasteiger partial charge in [0.25, 0.3) is 0 Å². The molecule has 0 aliphatic heterocycles. The third-order valence-electron chi connectivity index (χ3n) is 5.09. The number of aryl methyl sites for hydroxylation is 1. The van der Waals surface area contributed by atoms with Gasteiger partial charge in [-0.2, -0.15) is 0 Å². The lowest BCUT2D eigenvalue weighted by Crippen LogP contribution is -2.24. The van der Waals surface area contributed by atoms with Gasteiger partial charge in [-0.3, -0.25) is 14.4 Å². The van der Waals surface area contributed by atoms with Crippen LogP contribution >= 0.6 is 0 Å². The molecule has 1 aliphatic carbocycles. The van der Waals surface area contributed by atoms with Gasteiger partial charge in [0.05, 0.1) is 5.75 Å². The molecule has 4 rings (SSSR count). The number of carbonyl (C=O) groups is 1. The fraction of sp³-hybridized carbons (Fsp3) is 0.333. The molecule has 29 heavy (non-hydrogen) atoms. The molecular weight excluding hydrogens is 388 g/mol. The number of fused-ring (bicyclic) bond motifs is 1. The first-order chi connectivity index (χ1) is 13.9. The quantitative estimate of drug-likeness (QED) is 0.550. The number of amides is 1. The van der Waals surface area contributed by atoms with Crippen LogP contribution in [0.25, 0.3) is 22.2 Å². The Hall–Kier alpha value is -2.87. The molecular formula is C21H24N4O3S. The Bertz CT molecular complexity index is 1150. The number of anilines is 2. The lowest BCUT2D eigenvalue weighted by Gasteiger charge is -2.17. The van der Waals surface area contributed by atoms with Crippen LogP contribution in [0, 0.1) is 6.92 Å². The Morgan fingerprint density at radius 2 is 2.00 bits per heavy atom. The van der Waals surface area contributed by atoms with E-state index in [-0.39, 0.29) is 11.8 Å². The van der Waals surface area contributed by atoms with Gasteiger partial charge in [0.15, 0.2) is 0 Å². The van der Waals surface area contributed by atoms with E-state index >= 15 is 0 Å². The van der Waals surface area contributed by atoms with Crippen LogP contribution in [-0.4, -0.2) is 36.6 Å². The van der Waals surface area contributed by atoms with Crippen molar-refractivity contribution in [3.8, 4) is 11.1 Å². The first-order valence-electron chi connectivity index (χ1n) is 9.75. The normalized spacial score (nSPS) is 14.1. The van der Waals surface area contributed by atoms with Gasteiger partial charge < -0.3 is 4.98 Å². The van der Waals surface area contributed by atoms with Crippen molar-refractivity contribution in [1.29, 1.82) is 0 Å². The summed E-state index contributed by atoms with van der Waals surface area (Å²) in [6, 6.07) is 9.45. The maximum Gasteiger partial charge on any atom is 0.232 e. The van der Waals surface area contributed by atoms with E-state index < -0.39 is 10.0 Å². The molecule has 7 nitrogen and oxygen atoms in total. The van der Waals surface area contributed by atoms with Crippen LogP contribution in [0.2, 0.25) is 0 Å². The molecule has 152 valence electrons. The third kappa shape index (κ3) is 3.98. The molecule has 3 aromatic rings. The third-order valence-corrected chi connectivity index (χ3v) is 6.58. The van der Waals surface area contributed by atoms with E-state index in [4.69, 9.17) is 0 Å². The van der Waals surface area contributed by atoms with Gasteiger partial charge >= 0.3 is 0 Å². The highest BCUT2D eigenvalue weighted by molar-refractivity contribution is 7.92. The molecule has 0 saturated heterocycles. The molecule has 0 bridgehead atoms. The van der Waals surface area contributed by atoms with E-state index in [0.29, 0.717) is 17.9 Å². The summed E-state index contributed by atoms with van der Waals surface area (Å²) in [5.74, 6) is 0.716. The van der Waals surface area contributed by atoms with Gasteiger partial charge in [0.1, 0.15) is 11.5 Å². The Morgan fingerprint density at radius 1 is 1.28 bits per heavy atom. The molecule has 1 aliphatic rings. The number of rotatable bonds is 8. The number of sulfonamides is 1. The Balaban J connectivity index is 1.74. The number of aromatic amines is 1. The van der Waals surface area contributed by atoms with Gasteiger partial charge in [-0.05, 0) is 61.1 Å². The molecule has 0 atom stereocenters. The van der Waals surface area contributed by atoms with E-state index in [9.17, 15) is 13.2 Å². The first kappa shape index (κ1) is 19.4. The number of nitrogens with one attached hydrogen (secondary N) is 2. The van der Waals surface area contributed by atoms with Crippen molar-refractivity contribution in [2.75, 3.05) is 15.4 Å². The van der Waals surface area contributed by atoms with Gasteiger partial charge in [0.2, 0.25) is 16.4 Å². The molecule has 1 amide bonds. The molecule has 2 aromatic heterocycles. The van der Waals surface area contributed by atoms with E-state index in [0.717, 1.165) is 47.0 Å². The zero-order valence-corrected chi connectivity index (χ0v) is 17.3. The zero-order chi connectivity index (χ0) is 20.6. The molecule has 1 aromatic carbocycles. The molecule has 0 radical (unpaired) electrons. The molecule has 0 unspecified atom stereocenters. The highest BCUT2D eigenvalue weighted by Crippen LogP contribution is 2.36. The summed E-state index contributed by atoms with van der Waals surface area (Å²) >= 11 is 0. The summed E-state index contributed by atoms with van der Waals surface area (Å²) in [7, 11) is -3.33. The van der Waals surface area contributed by atoms with E-state index in [2.05, 4.69) is 14.7 Å². The smallest absolute Gasteiger partial charge is 0.232 e. The van der Waals surface area contributed by atoms with Crippen molar-refractivity contribution >= 4 is 39.0 Å². The monoisotopic (exact) mass is 412 g/mol. The highest BCUT2D eigenvalue weighted by Gasteiger charge is 2.30. The van der Waals surface area contributed by atoms with Gasteiger partial charge in [-0.1, -0.05) is 19.1 Å². The van der Waals surface area contributed by atoms with Gasteiger partial charge in [0, 0.05) is 23.3 Å². The fourth-order valence-electron chi connectivity index (χ4n) is 3.54. The number of H-pyrrole nitrogens is 1. The van der Waals surface area contributed by atoms with Gasteiger partial charge in [-0.25, -0.2) is 13.4 Å². The largest absolute Gasteiger partial charge is 0.346 e. The zero-order valence-electron chi connectivity index (χ0n) is 16.5. The summed E-state index contributed by atoms with van der Waals surface area (Å²) < 4.78 is 26.6. The Morgan fingerprint density at radius 3 is 2.62 bits per heavy atom. The van der Waals surface area contributed by atoms with Crippen LogP contribution in [0.1, 0.15) is 31.7 Å². The van der Waals surface area contributed by atoms with Crippen LogP contribution in [0.3, 0.4) is 0 Å². The van der Waals surface area contributed by atoms with Crippen LogP contribution in [0.15, 0.2) is 36.5 Å². The fourth-order valence-corrected chi connectivity index (χ4v) is 4.68. The van der Waals surface area contributed by atoms with Crippen LogP contribution in [0.4, 0.5) is 11.5 Å². The van der Waals surface area contributed by atoms with Crippen molar-refractivity contribution < 1.29 is 13.2 Å². The van der Waals surface area contributed by atoms with Crippen molar-refractivity contribution in [2.45, 2.75) is 39.2 Å². The Labute approximate surface area is 170 Å². The number of aromatic nitrogens is 2.